The third-order valence-corrected chi connectivity index (χ3v) is 6.76. The van der Waals surface area contributed by atoms with Crippen molar-refractivity contribution in [1.29, 1.82) is 0 Å². The van der Waals surface area contributed by atoms with Crippen molar-refractivity contribution in [2.24, 2.45) is 0 Å². The third kappa shape index (κ3) is 20.8. The fourth-order valence-corrected chi connectivity index (χ4v) is 4.68. The zero-order valence-electron chi connectivity index (χ0n) is 19.0. The number of aliphatic hydroxyl groups excluding tert-OH is 1. The first kappa shape index (κ1) is 31.7. The van der Waals surface area contributed by atoms with Gasteiger partial charge in [0.2, 0.25) is 0 Å². The van der Waals surface area contributed by atoms with E-state index in [9.17, 15) is 18.1 Å². The largest absolute Gasteiger partial charge is 1.00 e. The molecule has 1 N–H and O–H groups in total. The monoisotopic (exact) mass is 444 g/mol. The van der Waals surface area contributed by atoms with Gasteiger partial charge in [-0.1, -0.05) is 104 Å². The summed E-state index contributed by atoms with van der Waals surface area (Å²) in [5, 5.41) is 9.30. The summed E-state index contributed by atoms with van der Waals surface area (Å²) in [5.74, 6) is 0. The molecule has 0 rings (SSSR count). The normalized spacial score (nSPS) is 13.9. The Hall–Kier alpha value is 1.51. The van der Waals surface area contributed by atoms with Crippen LogP contribution in [0.15, 0.2) is 0 Å². The van der Waals surface area contributed by atoms with E-state index in [1.165, 1.54) is 64.2 Å². The van der Waals surface area contributed by atoms with Crippen LogP contribution in [0.25, 0.3) is 0 Å². The Kier molecular flexibility index (Phi) is 24.6. The van der Waals surface area contributed by atoms with Crippen molar-refractivity contribution in [2.45, 2.75) is 141 Å². The van der Waals surface area contributed by atoms with Crippen LogP contribution >= 0.6 is 0 Å². The van der Waals surface area contributed by atoms with Gasteiger partial charge in [0.25, 0.3) is 0 Å². The number of aliphatic hydroxyl groups is 1. The molecule has 0 aromatic heterocycles. The molecular formula is C22H45KO4S. The van der Waals surface area contributed by atoms with Gasteiger partial charge in [0.05, 0.1) is 16.2 Å². The van der Waals surface area contributed by atoms with E-state index in [1.54, 1.807) is 0 Å². The second kappa shape index (κ2) is 21.7. The Morgan fingerprint density at radius 1 is 0.643 bits per heavy atom. The quantitative estimate of drug-likeness (QED) is 0.177. The SMILES string of the molecule is CCCCCCCCCCCCCC(O)CCCCC(CCC)S(=O)(=O)[O-].[K+]. The fourth-order valence-electron chi connectivity index (χ4n) is 3.70. The van der Waals surface area contributed by atoms with E-state index in [2.05, 4.69) is 6.92 Å². The zero-order valence-corrected chi connectivity index (χ0v) is 22.9. The summed E-state index contributed by atoms with van der Waals surface area (Å²) >= 11 is 0. The maximum atomic E-state index is 11.2. The van der Waals surface area contributed by atoms with Gasteiger partial charge in [0.15, 0.2) is 0 Å². The van der Waals surface area contributed by atoms with Crippen molar-refractivity contribution >= 4 is 10.1 Å². The fraction of sp³-hybridized carbons (Fsp3) is 1.00. The van der Waals surface area contributed by atoms with Crippen molar-refractivity contribution < 1.29 is 69.5 Å². The van der Waals surface area contributed by atoms with Crippen LogP contribution in [0.2, 0.25) is 0 Å². The van der Waals surface area contributed by atoms with E-state index >= 15 is 0 Å². The smallest absolute Gasteiger partial charge is 0.748 e. The van der Waals surface area contributed by atoms with Crippen molar-refractivity contribution in [3.05, 3.63) is 0 Å². The maximum Gasteiger partial charge on any atom is 1.00 e. The first-order valence-electron chi connectivity index (χ1n) is 11.5. The summed E-state index contributed by atoms with van der Waals surface area (Å²) in [4.78, 5) is 0. The average molecular weight is 445 g/mol. The van der Waals surface area contributed by atoms with Gasteiger partial charge in [0, 0.05) is 5.25 Å². The second-order valence-corrected chi connectivity index (χ2v) is 9.82. The van der Waals surface area contributed by atoms with E-state index in [0.717, 1.165) is 25.7 Å². The Labute approximate surface area is 218 Å². The Morgan fingerprint density at radius 2 is 1.04 bits per heavy atom. The van der Waals surface area contributed by atoms with E-state index in [4.69, 9.17) is 0 Å². The summed E-state index contributed by atoms with van der Waals surface area (Å²) in [6, 6.07) is 0. The van der Waals surface area contributed by atoms with Gasteiger partial charge in [-0.2, -0.15) is 0 Å². The topological polar surface area (TPSA) is 77.4 Å². The van der Waals surface area contributed by atoms with Crippen LogP contribution in [0, 0.1) is 0 Å². The standard InChI is InChI=1S/C22H46O4S.K/c1-3-5-6-7-8-9-10-11-12-13-14-18-21(23)19-15-16-20-22(17-4-2)27(24,25)26;/h21-23H,3-20H2,1-2H3,(H,24,25,26);/q;+1/p-1. The number of hydrogen-bond acceptors (Lipinski definition) is 4. The van der Waals surface area contributed by atoms with Gasteiger partial charge in [-0.3, -0.25) is 0 Å². The van der Waals surface area contributed by atoms with E-state index in [0.29, 0.717) is 25.7 Å². The third-order valence-electron chi connectivity index (χ3n) is 5.47. The predicted molar refractivity (Wildman–Crippen MR) is 114 cm³/mol. The van der Waals surface area contributed by atoms with Crippen molar-refractivity contribution in [1.82, 2.24) is 0 Å². The van der Waals surface area contributed by atoms with Gasteiger partial charge in [-0.25, -0.2) is 8.42 Å². The second-order valence-electron chi connectivity index (χ2n) is 8.17. The molecular weight excluding hydrogens is 399 g/mol. The van der Waals surface area contributed by atoms with Crippen molar-refractivity contribution in [2.75, 3.05) is 0 Å². The summed E-state index contributed by atoms with van der Waals surface area (Å²) in [5.41, 5.74) is 0. The first-order valence-corrected chi connectivity index (χ1v) is 13.0. The van der Waals surface area contributed by atoms with Crippen LogP contribution in [0.5, 0.6) is 0 Å². The molecule has 0 aromatic carbocycles. The molecule has 28 heavy (non-hydrogen) atoms. The molecule has 0 amide bonds. The van der Waals surface area contributed by atoms with Crippen LogP contribution < -0.4 is 51.4 Å². The van der Waals surface area contributed by atoms with E-state index in [-0.39, 0.29) is 57.5 Å². The molecule has 0 aliphatic rings. The minimum atomic E-state index is -4.17. The van der Waals surface area contributed by atoms with Gasteiger partial charge >= 0.3 is 51.4 Å². The summed E-state index contributed by atoms with van der Waals surface area (Å²) in [6.07, 6.45) is 18.8. The van der Waals surface area contributed by atoms with Gasteiger partial charge in [0.1, 0.15) is 0 Å². The molecule has 164 valence electrons. The average Bonchev–Trinajstić information content (AvgIpc) is 2.61. The molecule has 0 saturated carbocycles. The zero-order chi connectivity index (χ0) is 20.4. The molecule has 0 aromatic rings. The molecule has 4 nitrogen and oxygen atoms in total. The van der Waals surface area contributed by atoms with Crippen LogP contribution in [0.4, 0.5) is 0 Å². The molecule has 0 radical (unpaired) electrons. The minimum Gasteiger partial charge on any atom is -0.748 e. The van der Waals surface area contributed by atoms with E-state index in [1.807, 2.05) is 6.92 Å². The molecule has 0 aliphatic carbocycles. The minimum absolute atomic E-state index is 0. The molecule has 2 atom stereocenters. The molecule has 0 aliphatic heterocycles. The predicted octanol–water partition coefficient (Wildman–Crippen LogP) is 3.33. The summed E-state index contributed by atoms with van der Waals surface area (Å²) < 4.78 is 33.5. The number of hydrogen-bond donors (Lipinski definition) is 1. The molecule has 0 saturated heterocycles. The van der Waals surface area contributed by atoms with Gasteiger partial charge in [-0.15, -0.1) is 0 Å². The summed E-state index contributed by atoms with van der Waals surface area (Å²) in [7, 11) is -4.17. The first-order chi connectivity index (χ1) is 12.9. The molecule has 6 heteroatoms. The molecule has 0 spiro atoms. The molecule has 0 bridgehead atoms. The van der Waals surface area contributed by atoms with E-state index < -0.39 is 15.4 Å². The summed E-state index contributed by atoms with van der Waals surface area (Å²) in [6.45, 7) is 4.15. The van der Waals surface area contributed by atoms with Crippen LogP contribution in [-0.4, -0.2) is 29.4 Å². The Morgan fingerprint density at radius 3 is 1.46 bits per heavy atom. The number of unbranched alkanes of at least 4 members (excludes halogenated alkanes) is 11. The molecule has 0 fully saturated rings. The Balaban J connectivity index is 0. The molecule has 0 heterocycles. The Bertz CT molecular complexity index is 415. The van der Waals surface area contributed by atoms with Crippen molar-refractivity contribution in [3.8, 4) is 0 Å². The maximum absolute atomic E-state index is 11.2. The van der Waals surface area contributed by atoms with Gasteiger partial charge < -0.3 is 9.66 Å². The van der Waals surface area contributed by atoms with Crippen molar-refractivity contribution in [3.63, 3.8) is 0 Å². The van der Waals surface area contributed by atoms with Gasteiger partial charge in [-0.05, 0) is 25.7 Å². The van der Waals surface area contributed by atoms with Crippen LogP contribution in [0.1, 0.15) is 129 Å². The number of rotatable bonds is 20. The van der Waals surface area contributed by atoms with Crippen LogP contribution in [-0.2, 0) is 10.1 Å². The van der Waals surface area contributed by atoms with Crippen LogP contribution in [0.3, 0.4) is 0 Å². The molecule has 2 unspecified atom stereocenters.